The minimum Gasteiger partial charge on any atom is -0.459 e. The van der Waals surface area contributed by atoms with Gasteiger partial charge in [0.15, 0.2) is 5.76 Å². The number of nitrogens with one attached hydrogen (secondary N) is 1. The van der Waals surface area contributed by atoms with Crippen molar-refractivity contribution in [2.24, 2.45) is 17.6 Å². The third-order valence-corrected chi connectivity index (χ3v) is 5.63. The Morgan fingerprint density at radius 3 is 2.44 bits per heavy atom. The fourth-order valence-corrected chi connectivity index (χ4v) is 4.57. The summed E-state index contributed by atoms with van der Waals surface area (Å²) in [5.41, 5.74) is 8.04. The zero-order valence-electron chi connectivity index (χ0n) is 14.2. The molecule has 1 amide bonds. The maximum Gasteiger partial charge on any atom is 0.287 e. The van der Waals surface area contributed by atoms with E-state index < -0.39 is 0 Å². The van der Waals surface area contributed by atoms with Gasteiger partial charge in [0.25, 0.3) is 5.91 Å². The van der Waals surface area contributed by atoms with Crippen LogP contribution >= 0.6 is 12.4 Å². The average Bonchev–Trinajstić information content (AvgIpc) is 3.06. The van der Waals surface area contributed by atoms with Crippen molar-refractivity contribution in [2.75, 3.05) is 0 Å². The molecular weight excluding hydrogens is 336 g/mol. The van der Waals surface area contributed by atoms with Crippen molar-refractivity contribution in [1.82, 2.24) is 5.32 Å². The predicted molar refractivity (Wildman–Crippen MR) is 101 cm³/mol. The van der Waals surface area contributed by atoms with E-state index in [1.54, 1.807) is 6.26 Å². The zero-order chi connectivity index (χ0) is 16.5. The number of carbonyl (C=O) groups is 1. The lowest BCUT2D eigenvalue weighted by Crippen LogP contribution is -2.53. The molecule has 1 aromatic heterocycles. The standard InChI is InChI=1S/C20H24N2O2.ClH/c21-16-11-14-7-4-8-15(12-16)18(14)22-20(23)19-17(9-10-24-19)13-5-2-1-3-6-13;/h1-3,5-6,9-10,14-16,18H,4,7-8,11-12,21H2,(H,22,23);1H. The Morgan fingerprint density at radius 1 is 1.08 bits per heavy atom. The number of rotatable bonds is 3. The maximum atomic E-state index is 12.8. The minimum absolute atomic E-state index is 0. The summed E-state index contributed by atoms with van der Waals surface area (Å²) in [4.78, 5) is 12.8. The van der Waals surface area contributed by atoms with Crippen molar-refractivity contribution in [1.29, 1.82) is 0 Å². The first-order valence-corrected chi connectivity index (χ1v) is 8.91. The van der Waals surface area contributed by atoms with Gasteiger partial charge in [-0.15, -0.1) is 12.4 Å². The number of fused-ring (bicyclic) bond motifs is 2. The number of furan rings is 1. The third-order valence-electron chi connectivity index (χ3n) is 5.63. The number of hydrogen-bond donors (Lipinski definition) is 2. The molecule has 2 aliphatic carbocycles. The van der Waals surface area contributed by atoms with E-state index in [1.807, 2.05) is 36.4 Å². The van der Waals surface area contributed by atoms with Gasteiger partial charge in [-0.2, -0.15) is 0 Å². The second kappa shape index (κ2) is 7.63. The summed E-state index contributed by atoms with van der Waals surface area (Å²) < 4.78 is 5.53. The monoisotopic (exact) mass is 360 g/mol. The van der Waals surface area contributed by atoms with Crippen LogP contribution in [0.15, 0.2) is 47.1 Å². The molecule has 0 spiro atoms. The van der Waals surface area contributed by atoms with Gasteiger partial charge in [0.05, 0.1) is 6.26 Å². The topological polar surface area (TPSA) is 68.3 Å². The van der Waals surface area contributed by atoms with Crippen molar-refractivity contribution in [3.05, 3.63) is 48.4 Å². The van der Waals surface area contributed by atoms with Gasteiger partial charge in [-0.05, 0) is 49.1 Å². The number of halogens is 1. The van der Waals surface area contributed by atoms with Gasteiger partial charge in [-0.1, -0.05) is 36.8 Å². The van der Waals surface area contributed by atoms with E-state index in [0.717, 1.165) is 24.0 Å². The molecule has 0 aliphatic heterocycles. The lowest BCUT2D eigenvalue weighted by molar-refractivity contribution is 0.0733. The molecular formula is C20H25ClN2O2. The molecule has 2 aliphatic rings. The fraction of sp³-hybridized carbons (Fsp3) is 0.450. The number of hydrogen-bond acceptors (Lipinski definition) is 3. The van der Waals surface area contributed by atoms with Gasteiger partial charge >= 0.3 is 0 Å². The van der Waals surface area contributed by atoms with Crippen LogP contribution < -0.4 is 11.1 Å². The first kappa shape index (κ1) is 18.0. The van der Waals surface area contributed by atoms with Crippen LogP contribution in [-0.4, -0.2) is 18.0 Å². The molecule has 0 radical (unpaired) electrons. The molecule has 1 heterocycles. The molecule has 0 saturated heterocycles. The molecule has 2 aromatic rings. The molecule has 2 fully saturated rings. The second-order valence-corrected chi connectivity index (χ2v) is 7.21. The van der Waals surface area contributed by atoms with Crippen LogP contribution in [0.3, 0.4) is 0 Å². The molecule has 4 nitrogen and oxygen atoms in total. The van der Waals surface area contributed by atoms with Crippen LogP contribution in [0.4, 0.5) is 0 Å². The fourth-order valence-electron chi connectivity index (χ4n) is 4.57. The number of benzene rings is 1. The molecule has 4 rings (SSSR count). The molecule has 3 N–H and O–H groups in total. The summed E-state index contributed by atoms with van der Waals surface area (Å²) in [6.07, 6.45) is 7.22. The van der Waals surface area contributed by atoms with E-state index in [1.165, 1.54) is 19.3 Å². The molecule has 1 aromatic carbocycles. The van der Waals surface area contributed by atoms with E-state index in [0.29, 0.717) is 17.6 Å². The molecule has 2 unspecified atom stereocenters. The molecule has 2 saturated carbocycles. The number of amides is 1. The van der Waals surface area contributed by atoms with Crippen molar-refractivity contribution in [3.63, 3.8) is 0 Å². The summed E-state index contributed by atoms with van der Waals surface area (Å²) in [5.74, 6) is 1.32. The van der Waals surface area contributed by atoms with E-state index in [-0.39, 0.29) is 30.4 Å². The van der Waals surface area contributed by atoms with E-state index in [2.05, 4.69) is 5.32 Å². The largest absolute Gasteiger partial charge is 0.459 e. The highest BCUT2D eigenvalue weighted by Gasteiger charge is 2.40. The summed E-state index contributed by atoms with van der Waals surface area (Å²) >= 11 is 0. The molecule has 5 heteroatoms. The Hall–Kier alpha value is -1.78. The Kier molecular flexibility index (Phi) is 5.50. The molecule has 2 bridgehead atoms. The molecule has 134 valence electrons. The zero-order valence-corrected chi connectivity index (χ0v) is 15.0. The van der Waals surface area contributed by atoms with Crippen molar-refractivity contribution < 1.29 is 9.21 Å². The van der Waals surface area contributed by atoms with Crippen LogP contribution in [0.1, 0.15) is 42.7 Å². The van der Waals surface area contributed by atoms with Gasteiger partial charge in [-0.3, -0.25) is 4.79 Å². The highest BCUT2D eigenvalue weighted by molar-refractivity contribution is 5.98. The maximum absolute atomic E-state index is 12.8. The Balaban J connectivity index is 0.00000182. The van der Waals surface area contributed by atoms with Crippen LogP contribution in [0.25, 0.3) is 11.1 Å². The first-order valence-electron chi connectivity index (χ1n) is 8.91. The van der Waals surface area contributed by atoms with Gasteiger partial charge in [-0.25, -0.2) is 0 Å². The van der Waals surface area contributed by atoms with Crippen molar-refractivity contribution in [2.45, 2.75) is 44.2 Å². The van der Waals surface area contributed by atoms with E-state index in [9.17, 15) is 4.79 Å². The summed E-state index contributed by atoms with van der Waals surface area (Å²) in [6.45, 7) is 0. The van der Waals surface area contributed by atoms with Crippen LogP contribution in [0.2, 0.25) is 0 Å². The Morgan fingerprint density at radius 2 is 1.76 bits per heavy atom. The van der Waals surface area contributed by atoms with E-state index in [4.69, 9.17) is 10.2 Å². The van der Waals surface area contributed by atoms with E-state index >= 15 is 0 Å². The van der Waals surface area contributed by atoms with Crippen LogP contribution in [0.5, 0.6) is 0 Å². The van der Waals surface area contributed by atoms with Crippen LogP contribution in [-0.2, 0) is 0 Å². The first-order chi connectivity index (χ1) is 11.7. The smallest absolute Gasteiger partial charge is 0.287 e. The van der Waals surface area contributed by atoms with Gasteiger partial charge in [0.2, 0.25) is 0 Å². The highest BCUT2D eigenvalue weighted by Crippen LogP contribution is 2.40. The SMILES string of the molecule is Cl.NC1CC2CCCC(C1)C2NC(=O)c1occc1-c1ccccc1. The molecule has 25 heavy (non-hydrogen) atoms. The second-order valence-electron chi connectivity index (χ2n) is 7.21. The molecule has 2 atom stereocenters. The Labute approximate surface area is 154 Å². The normalized spacial score (nSPS) is 28.0. The van der Waals surface area contributed by atoms with Crippen molar-refractivity contribution in [3.8, 4) is 11.1 Å². The summed E-state index contributed by atoms with van der Waals surface area (Å²) in [7, 11) is 0. The predicted octanol–water partition coefficient (Wildman–Crippen LogP) is 4.00. The lowest BCUT2D eigenvalue weighted by Gasteiger charge is -2.45. The lowest BCUT2D eigenvalue weighted by atomic mass is 9.67. The number of nitrogens with two attached hydrogens (primary N) is 1. The summed E-state index contributed by atoms with van der Waals surface area (Å²) in [6, 6.07) is 12.3. The number of carbonyl (C=O) groups excluding carboxylic acids is 1. The van der Waals surface area contributed by atoms with Crippen LogP contribution in [0, 0.1) is 11.8 Å². The highest BCUT2D eigenvalue weighted by atomic mass is 35.5. The Bertz CT molecular complexity index is 701. The van der Waals surface area contributed by atoms with Gasteiger partial charge in [0, 0.05) is 17.6 Å². The van der Waals surface area contributed by atoms with Crippen molar-refractivity contribution >= 4 is 18.3 Å². The third kappa shape index (κ3) is 3.60. The summed E-state index contributed by atoms with van der Waals surface area (Å²) in [5, 5.41) is 3.27. The van der Waals surface area contributed by atoms with Gasteiger partial charge < -0.3 is 15.5 Å². The van der Waals surface area contributed by atoms with Gasteiger partial charge in [0.1, 0.15) is 0 Å². The average molecular weight is 361 g/mol. The quantitative estimate of drug-likeness (QED) is 0.869. The minimum atomic E-state index is -0.101.